The number of thiophene rings is 1. The van der Waals surface area contributed by atoms with Gasteiger partial charge in [-0.3, -0.25) is 0 Å². The SMILES string of the molecule is CN(C(=O)O)C1CN(c2ncc(-c3cccs3)n3nnnc23)C1. The highest BCUT2D eigenvalue weighted by Gasteiger charge is 2.35. The summed E-state index contributed by atoms with van der Waals surface area (Å²) >= 11 is 1.59. The molecule has 0 aliphatic carbocycles. The predicted octanol–water partition coefficient (Wildman–Crippen LogP) is 1.05. The van der Waals surface area contributed by atoms with Crippen molar-refractivity contribution >= 4 is 28.9 Å². The maximum atomic E-state index is 11.0. The van der Waals surface area contributed by atoms with Gasteiger partial charge in [0.15, 0.2) is 5.82 Å². The van der Waals surface area contributed by atoms with Crippen LogP contribution in [0, 0.1) is 0 Å². The summed E-state index contributed by atoms with van der Waals surface area (Å²) in [7, 11) is 1.58. The largest absolute Gasteiger partial charge is 0.465 e. The fraction of sp³-hybridized carbons (Fsp3) is 0.308. The van der Waals surface area contributed by atoms with E-state index in [1.54, 1.807) is 29.1 Å². The van der Waals surface area contributed by atoms with Crippen LogP contribution in [0.15, 0.2) is 23.7 Å². The first-order valence-corrected chi connectivity index (χ1v) is 7.85. The molecule has 0 radical (unpaired) electrons. The van der Waals surface area contributed by atoms with E-state index in [0.717, 1.165) is 10.6 Å². The van der Waals surface area contributed by atoms with E-state index in [0.29, 0.717) is 24.6 Å². The van der Waals surface area contributed by atoms with Crippen LogP contribution in [0.1, 0.15) is 0 Å². The Morgan fingerprint density at radius 2 is 2.30 bits per heavy atom. The van der Waals surface area contributed by atoms with Crippen LogP contribution in [-0.2, 0) is 0 Å². The Balaban J connectivity index is 1.65. The van der Waals surface area contributed by atoms with E-state index in [9.17, 15) is 4.79 Å². The summed E-state index contributed by atoms with van der Waals surface area (Å²) in [4.78, 5) is 19.8. The number of likely N-dealkylation sites (N-methyl/N-ethyl adjacent to an activating group) is 1. The van der Waals surface area contributed by atoms with E-state index in [1.165, 1.54) is 4.90 Å². The molecule has 1 saturated heterocycles. The first kappa shape index (κ1) is 13.9. The number of carboxylic acid groups (broad SMARTS) is 1. The van der Waals surface area contributed by atoms with Crippen LogP contribution in [0.5, 0.6) is 0 Å². The second-order valence-electron chi connectivity index (χ2n) is 5.31. The minimum atomic E-state index is -0.926. The molecule has 1 aliphatic rings. The molecule has 0 spiro atoms. The number of anilines is 1. The van der Waals surface area contributed by atoms with Crippen LogP contribution in [0.25, 0.3) is 16.2 Å². The Bertz CT molecular complexity index is 856. The lowest BCUT2D eigenvalue weighted by Crippen LogP contribution is -2.60. The second kappa shape index (κ2) is 5.16. The molecule has 4 heterocycles. The zero-order valence-corrected chi connectivity index (χ0v) is 13.0. The van der Waals surface area contributed by atoms with Gasteiger partial charge in [-0.1, -0.05) is 6.07 Å². The van der Waals surface area contributed by atoms with E-state index >= 15 is 0 Å². The van der Waals surface area contributed by atoms with Crippen molar-refractivity contribution in [2.75, 3.05) is 25.0 Å². The minimum absolute atomic E-state index is 0.0396. The number of aromatic nitrogens is 5. The summed E-state index contributed by atoms with van der Waals surface area (Å²) in [5, 5.41) is 22.9. The van der Waals surface area contributed by atoms with Crippen LogP contribution in [0.4, 0.5) is 10.6 Å². The number of fused-ring (bicyclic) bond motifs is 1. The van der Waals surface area contributed by atoms with Gasteiger partial charge in [0.25, 0.3) is 0 Å². The van der Waals surface area contributed by atoms with Gasteiger partial charge in [-0.05, 0) is 21.9 Å². The average molecular weight is 331 g/mol. The van der Waals surface area contributed by atoms with E-state index < -0.39 is 6.09 Å². The third-order valence-electron chi connectivity index (χ3n) is 3.99. The monoisotopic (exact) mass is 331 g/mol. The molecule has 118 valence electrons. The van der Waals surface area contributed by atoms with Crippen LogP contribution < -0.4 is 4.90 Å². The number of hydrogen-bond donors (Lipinski definition) is 1. The average Bonchev–Trinajstić information content (AvgIpc) is 3.17. The lowest BCUT2D eigenvalue weighted by atomic mass is 10.1. The molecule has 1 aliphatic heterocycles. The van der Waals surface area contributed by atoms with Crippen LogP contribution in [0.3, 0.4) is 0 Å². The van der Waals surface area contributed by atoms with Gasteiger partial charge in [0.05, 0.1) is 17.1 Å². The van der Waals surface area contributed by atoms with Crippen molar-refractivity contribution in [2.24, 2.45) is 0 Å². The smallest absolute Gasteiger partial charge is 0.407 e. The topological polar surface area (TPSA) is 99.8 Å². The maximum Gasteiger partial charge on any atom is 0.407 e. The fourth-order valence-corrected chi connectivity index (χ4v) is 3.29. The van der Waals surface area contributed by atoms with Gasteiger partial charge in [0.1, 0.15) is 5.69 Å². The molecule has 4 rings (SSSR count). The molecule has 1 N–H and O–H groups in total. The van der Waals surface area contributed by atoms with Gasteiger partial charge < -0.3 is 14.9 Å². The molecule has 3 aromatic heterocycles. The quantitative estimate of drug-likeness (QED) is 0.765. The Morgan fingerprint density at radius 3 is 3.00 bits per heavy atom. The van der Waals surface area contributed by atoms with Gasteiger partial charge in [-0.2, -0.15) is 4.52 Å². The second-order valence-corrected chi connectivity index (χ2v) is 6.26. The van der Waals surface area contributed by atoms with Gasteiger partial charge in [-0.25, -0.2) is 9.78 Å². The highest BCUT2D eigenvalue weighted by Crippen LogP contribution is 2.29. The zero-order valence-electron chi connectivity index (χ0n) is 12.2. The first-order valence-electron chi connectivity index (χ1n) is 6.97. The highest BCUT2D eigenvalue weighted by atomic mass is 32.1. The number of hydrogen-bond acceptors (Lipinski definition) is 7. The third-order valence-corrected chi connectivity index (χ3v) is 4.88. The lowest BCUT2D eigenvalue weighted by molar-refractivity contribution is 0.130. The van der Waals surface area contributed by atoms with E-state index in [2.05, 4.69) is 20.5 Å². The van der Waals surface area contributed by atoms with Crippen molar-refractivity contribution in [3.05, 3.63) is 23.7 Å². The van der Waals surface area contributed by atoms with E-state index in [4.69, 9.17) is 5.11 Å². The number of tetrazole rings is 1. The molecule has 0 saturated carbocycles. The van der Waals surface area contributed by atoms with Gasteiger partial charge in [-0.15, -0.1) is 16.4 Å². The highest BCUT2D eigenvalue weighted by molar-refractivity contribution is 7.13. The van der Waals surface area contributed by atoms with Crippen molar-refractivity contribution < 1.29 is 9.90 Å². The molecule has 3 aromatic rings. The molecule has 0 aromatic carbocycles. The normalized spacial score (nSPS) is 14.9. The number of rotatable bonds is 3. The van der Waals surface area contributed by atoms with Crippen molar-refractivity contribution in [2.45, 2.75) is 6.04 Å². The van der Waals surface area contributed by atoms with E-state index in [1.807, 2.05) is 22.4 Å². The van der Waals surface area contributed by atoms with Gasteiger partial charge >= 0.3 is 6.09 Å². The molecule has 10 heteroatoms. The van der Waals surface area contributed by atoms with Crippen LogP contribution >= 0.6 is 11.3 Å². The molecular formula is C13H13N7O2S. The van der Waals surface area contributed by atoms with Crippen molar-refractivity contribution in [3.8, 4) is 10.6 Å². The fourth-order valence-electron chi connectivity index (χ4n) is 2.57. The third kappa shape index (κ3) is 2.18. The Kier molecular flexibility index (Phi) is 3.11. The standard InChI is InChI=1S/C13H13N7O2S/c1-18(13(21)22)8-6-19(7-8)11-12-15-16-17-20(12)9(5-14-11)10-3-2-4-23-10/h2-5,8H,6-7H2,1H3,(H,21,22). The zero-order chi connectivity index (χ0) is 16.0. The number of nitrogens with zero attached hydrogens (tertiary/aromatic N) is 7. The number of amides is 1. The first-order chi connectivity index (χ1) is 11.1. The van der Waals surface area contributed by atoms with Crippen molar-refractivity contribution in [1.29, 1.82) is 0 Å². The molecule has 0 bridgehead atoms. The Morgan fingerprint density at radius 1 is 1.48 bits per heavy atom. The lowest BCUT2D eigenvalue weighted by Gasteiger charge is -2.43. The van der Waals surface area contributed by atoms with Crippen LogP contribution in [0.2, 0.25) is 0 Å². The summed E-state index contributed by atoms with van der Waals surface area (Å²) in [6.45, 7) is 1.16. The summed E-state index contributed by atoms with van der Waals surface area (Å²) in [5.74, 6) is 0.672. The summed E-state index contributed by atoms with van der Waals surface area (Å²) in [5.41, 5.74) is 1.41. The van der Waals surface area contributed by atoms with Crippen LogP contribution in [-0.4, -0.2) is 67.3 Å². The van der Waals surface area contributed by atoms with Gasteiger partial charge in [0, 0.05) is 20.1 Å². The Labute approximate surface area is 134 Å². The molecule has 1 amide bonds. The van der Waals surface area contributed by atoms with Crippen molar-refractivity contribution in [1.82, 2.24) is 29.9 Å². The minimum Gasteiger partial charge on any atom is -0.465 e. The molecule has 0 unspecified atom stereocenters. The molecule has 0 atom stereocenters. The predicted molar refractivity (Wildman–Crippen MR) is 83.7 cm³/mol. The van der Waals surface area contributed by atoms with Crippen molar-refractivity contribution in [3.63, 3.8) is 0 Å². The summed E-state index contributed by atoms with van der Waals surface area (Å²) in [6, 6.07) is 3.91. The van der Waals surface area contributed by atoms with E-state index in [-0.39, 0.29) is 6.04 Å². The molecular weight excluding hydrogens is 318 g/mol. The molecule has 1 fully saturated rings. The Hall–Kier alpha value is -2.75. The molecule has 23 heavy (non-hydrogen) atoms. The maximum absolute atomic E-state index is 11.0. The summed E-state index contributed by atoms with van der Waals surface area (Å²) < 4.78 is 1.67. The molecule has 9 nitrogen and oxygen atoms in total. The van der Waals surface area contributed by atoms with Gasteiger partial charge in [0.2, 0.25) is 5.65 Å². The summed E-state index contributed by atoms with van der Waals surface area (Å²) in [6.07, 6.45) is 0.823. The number of carbonyl (C=O) groups is 1.